The maximum absolute atomic E-state index is 2.55. The van der Waals surface area contributed by atoms with Crippen LogP contribution >= 0.6 is 0 Å². The van der Waals surface area contributed by atoms with E-state index in [0.29, 0.717) is 0 Å². The van der Waals surface area contributed by atoms with Crippen molar-refractivity contribution in [1.82, 2.24) is 4.90 Å². The van der Waals surface area contributed by atoms with Crippen LogP contribution in [-0.2, 0) is 0 Å². The van der Waals surface area contributed by atoms with Crippen molar-refractivity contribution in [3.8, 4) is 0 Å². The molecule has 0 bridgehead atoms. The van der Waals surface area contributed by atoms with Crippen LogP contribution in [0, 0.1) is 5.92 Å². The number of hydrogen-bond donors (Lipinski definition) is 0. The van der Waals surface area contributed by atoms with E-state index in [1.807, 2.05) is 0 Å². The maximum Gasteiger partial charge on any atom is 0.00699 e. The normalized spacial score (nSPS) is 37.7. The molecule has 1 rings (SSSR count). The molecule has 0 spiro atoms. The van der Waals surface area contributed by atoms with Gasteiger partial charge in [0.1, 0.15) is 0 Å². The van der Waals surface area contributed by atoms with Crippen molar-refractivity contribution in [3.63, 3.8) is 0 Å². The van der Waals surface area contributed by atoms with E-state index in [0.717, 1.165) is 12.0 Å². The third kappa shape index (κ3) is 1.45. The Balaban J connectivity index is 2.38. The second kappa shape index (κ2) is 2.70. The fraction of sp³-hybridized carbons (Fsp3) is 1.00. The maximum atomic E-state index is 2.55. The van der Waals surface area contributed by atoms with Gasteiger partial charge in [0, 0.05) is 12.6 Å². The zero-order valence-electron chi connectivity index (χ0n) is 6.72. The highest BCUT2D eigenvalue weighted by Crippen LogP contribution is 2.20. The van der Waals surface area contributed by atoms with Crippen molar-refractivity contribution < 1.29 is 0 Å². The Morgan fingerprint density at radius 3 is 2.33 bits per heavy atom. The molecule has 0 amide bonds. The van der Waals surface area contributed by atoms with E-state index in [2.05, 4.69) is 25.7 Å². The first-order chi connectivity index (χ1) is 4.24. The highest BCUT2D eigenvalue weighted by Gasteiger charge is 2.23. The van der Waals surface area contributed by atoms with E-state index in [4.69, 9.17) is 0 Å². The fourth-order valence-electron chi connectivity index (χ4n) is 1.83. The van der Waals surface area contributed by atoms with Crippen LogP contribution in [0.5, 0.6) is 0 Å². The van der Waals surface area contributed by atoms with Crippen molar-refractivity contribution in [2.24, 2.45) is 5.92 Å². The summed E-state index contributed by atoms with van der Waals surface area (Å²) in [5.74, 6) is 0.931. The lowest BCUT2D eigenvalue weighted by atomic mass is 10.1. The third-order valence-electron chi connectivity index (χ3n) is 2.32. The van der Waals surface area contributed by atoms with Gasteiger partial charge in [-0.3, -0.25) is 0 Å². The molecule has 1 heterocycles. The molecule has 9 heavy (non-hydrogen) atoms. The lowest BCUT2D eigenvalue weighted by molar-refractivity contribution is 0.280. The summed E-state index contributed by atoms with van der Waals surface area (Å²) in [6.45, 7) is 9.46. The average molecular weight is 127 g/mol. The van der Waals surface area contributed by atoms with Crippen molar-refractivity contribution in [2.75, 3.05) is 13.1 Å². The van der Waals surface area contributed by atoms with Gasteiger partial charge >= 0.3 is 0 Å². The predicted octanol–water partition coefficient (Wildman–Crippen LogP) is 1.74. The van der Waals surface area contributed by atoms with Gasteiger partial charge in [-0.05, 0) is 25.8 Å². The molecule has 1 aliphatic rings. The van der Waals surface area contributed by atoms with Gasteiger partial charge in [-0.1, -0.05) is 13.8 Å². The Bertz CT molecular complexity index is 90.6. The predicted molar refractivity (Wildman–Crippen MR) is 40.5 cm³/mol. The summed E-state index contributed by atoms with van der Waals surface area (Å²) in [6.07, 6.45) is 1.40. The van der Waals surface area contributed by atoms with E-state index >= 15 is 0 Å². The summed E-state index contributed by atoms with van der Waals surface area (Å²) in [5, 5.41) is 0. The smallest absolute Gasteiger partial charge is 0.00699 e. The van der Waals surface area contributed by atoms with Crippen LogP contribution in [0.25, 0.3) is 0 Å². The molecule has 0 aromatic heterocycles. The lowest BCUT2D eigenvalue weighted by Crippen LogP contribution is -2.26. The molecule has 2 atom stereocenters. The minimum Gasteiger partial charge on any atom is -0.301 e. The summed E-state index contributed by atoms with van der Waals surface area (Å²) in [6, 6.07) is 0.838. The van der Waals surface area contributed by atoms with Gasteiger partial charge in [0.2, 0.25) is 0 Å². The molecular formula is C8H17N. The molecule has 1 saturated heterocycles. The molecule has 1 heteroatoms. The minimum absolute atomic E-state index is 0.838. The van der Waals surface area contributed by atoms with Crippen molar-refractivity contribution in [2.45, 2.75) is 33.2 Å². The molecular weight excluding hydrogens is 110 g/mol. The van der Waals surface area contributed by atoms with Gasteiger partial charge < -0.3 is 4.90 Å². The number of likely N-dealkylation sites (tertiary alicyclic amines) is 1. The Labute approximate surface area is 58.0 Å². The molecule has 1 unspecified atom stereocenters. The van der Waals surface area contributed by atoms with Crippen LogP contribution < -0.4 is 0 Å². The van der Waals surface area contributed by atoms with Crippen molar-refractivity contribution >= 4 is 0 Å². The summed E-state index contributed by atoms with van der Waals surface area (Å²) >= 11 is 0. The number of rotatable bonds is 1. The van der Waals surface area contributed by atoms with Gasteiger partial charge in [0.15, 0.2) is 0 Å². The van der Waals surface area contributed by atoms with E-state index in [1.54, 1.807) is 0 Å². The summed E-state index contributed by atoms with van der Waals surface area (Å²) < 4.78 is 0. The van der Waals surface area contributed by atoms with Crippen LogP contribution in [0.3, 0.4) is 0 Å². The van der Waals surface area contributed by atoms with Gasteiger partial charge in [0.05, 0.1) is 0 Å². The Morgan fingerprint density at radius 2 is 2.11 bits per heavy atom. The lowest BCUT2D eigenvalue weighted by Gasteiger charge is -2.17. The standard InChI is InChI=1S/C8H17N/c1-4-9-6-7(2)5-8(9)3/h7-8H,4-6H2,1-3H3/t7?,8-/m1/s1. The van der Waals surface area contributed by atoms with Crippen molar-refractivity contribution in [1.29, 1.82) is 0 Å². The first-order valence-corrected chi connectivity index (χ1v) is 3.98. The van der Waals surface area contributed by atoms with Gasteiger partial charge in [-0.25, -0.2) is 0 Å². The van der Waals surface area contributed by atoms with Crippen molar-refractivity contribution in [3.05, 3.63) is 0 Å². The molecule has 1 nitrogen and oxygen atoms in total. The van der Waals surface area contributed by atoms with Gasteiger partial charge in [0.25, 0.3) is 0 Å². The first kappa shape index (κ1) is 7.07. The number of nitrogens with zero attached hydrogens (tertiary/aromatic N) is 1. The molecule has 0 radical (unpaired) electrons. The highest BCUT2D eigenvalue weighted by atomic mass is 15.2. The van der Waals surface area contributed by atoms with Gasteiger partial charge in [-0.2, -0.15) is 0 Å². The third-order valence-corrected chi connectivity index (χ3v) is 2.32. The molecule has 0 aliphatic carbocycles. The zero-order valence-corrected chi connectivity index (χ0v) is 6.72. The topological polar surface area (TPSA) is 3.24 Å². The number of hydrogen-bond acceptors (Lipinski definition) is 1. The minimum atomic E-state index is 0.838. The summed E-state index contributed by atoms with van der Waals surface area (Å²) in [7, 11) is 0. The molecule has 1 aliphatic heterocycles. The van der Waals surface area contributed by atoms with E-state index in [1.165, 1.54) is 19.5 Å². The van der Waals surface area contributed by atoms with E-state index in [-0.39, 0.29) is 0 Å². The Hall–Kier alpha value is -0.0400. The van der Waals surface area contributed by atoms with Crippen LogP contribution in [0.15, 0.2) is 0 Å². The molecule has 1 fully saturated rings. The Kier molecular flexibility index (Phi) is 2.12. The monoisotopic (exact) mass is 127 g/mol. The molecule has 54 valence electrons. The second-order valence-electron chi connectivity index (χ2n) is 3.28. The van der Waals surface area contributed by atoms with Crippen LogP contribution in [0.4, 0.5) is 0 Å². The second-order valence-corrected chi connectivity index (χ2v) is 3.28. The summed E-state index contributed by atoms with van der Waals surface area (Å²) in [5.41, 5.74) is 0. The first-order valence-electron chi connectivity index (χ1n) is 3.98. The van der Waals surface area contributed by atoms with Gasteiger partial charge in [-0.15, -0.1) is 0 Å². The van der Waals surface area contributed by atoms with Crippen LogP contribution in [0.1, 0.15) is 27.2 Å². The molecule has 0 saturated carbocycles. The molecule has 0 aromatic rings. The average Bonchev–Trinajstić information content (AvgIpc) is 2.10. The SMILES string of the molecule is CCN1CC(C)C[C@H]1C. The highest BCUT2D eigenvalue weighted by molar-refractivity contribution is 4.78. The quantitative estimate of drug-likeness (QED) is 0.518. The van der Waals surface area contributed by atoms with E-state index in [9.17, 15) is 0 Å². The molecule has 0 N–H and O–H groups in total. The van der Waals surface area contributed by atoms with Crippen LogP contribution in [0.2, 0.25) is 0 Å². The summed E-state index contributed by atoms with van der Waals surface area (Å²) in [4.78, 5) is 2.55. The fourth-order valence-corrected chi connectivity index (χ4v) is 1.83. The largest absolute Gasteiger partial charge is 0.301 e. The zero-order chi connectivity index (χ0) is 6.85. The Morgan fingerprint density at radius 1 is 1.44 bits per heavy atom. The molecule has 0 aromatic carbocycles. The van der Waals surface area contributed by atoms with E-state index < -0.39 is 0 Å². The van der Waals surface area contributed by atoms with Crippen LogP contribution in [-0.4, -0.2) is 24.0 Å².